The van der Waals surface area contributed by atoms with E-state index in [1.165, 1.54) is 92.6 Å². The minimum Gasteiger partial charge on any atom is -1.00 e. The Kier molecular flexibility index (Phi) is 22.4. The summed E-state index contributed by atoms with van der Waals surface area (Å²) < 4.78 is 37.8. The van der Waals surface area contributed by atoms with Gasteiger partial charge in [-0.05, 0) is 112 Å². The van der Waals surface area contributed by atoms with Crippen LogP contribution in [0.1, 0.15) is 75.3 Å². The van der Waals surface area contributed by atoms with Crippen LogP contribution in [0.5, 0.6) is 0 Å². The molecule has 4 aromatic heterocycles. The van der Waals surface area contributed by atoms with Gasteiger partial charge in [-0.1, -0.05) is 43.6 Å². The van der Waals surface area contributed by atoms with Gasteiger partial charge in [0.15, 0.2) is 0 Å². The van der Waals surface area contributed by atoms with Crippen LogP contribution >= 0.6 is 0 Å². The van der Waals surface area contributed by atoms with Crippen LogP contribution in [-0.2, 0) is 33.4 Å². The van der Waals surface area contributed by atoms with E-state index < -0.39 is 53.3 Å². The van der Waals surface area contributed by atoms with Crippen LogP contribution in [0.15, 0.2) is 114 Å². The molecule has 0 unspecified atom stereocenters. The molecule has 21 nitrogen and oxygen atoms in total. The van der Waals surface area contributed by atoms with E-state index in [2.05, 4.69) is 63.2 Å². The molecule has 0 radical (unpaired) electrons. The molecule has 8 aromatic rings. The number of hydrogen-bond donors (Lipinski definition) is 4. The summed E-state index contributed by atoms with van der Waals surface area (Å²) in [4.78, 5) is 117. The third-order valence-corrected chi connectivity index (χ3v) is 14.5. The first kappa shape index (κ1) is 68.2. The molecule has 0 saturated heterocycles. The fourth-order valence-electron chi connectivity index (χ4n) is 9.48. The molecule has 2 aliphatic carbocycles. The van der Waals surface area contributed by atoms with E-state index in [4.69, 9.17) is 16.5 Å². The van der Waals surface area contributed by atoms with Crippen molar-refractivity contribution >= 4 is 82.6 Å². The van der Waals surface area contributed by atoms with Crippen LogP contribution in [0.25, 0.3) is 33.2 Å². The van der Waals surface area contributed by atoms with E-state index in [9.17, 15) is 42.7 Å². The summed E-state index contributed by atoms with van der Waals surface area (Å²) in [5.74, 6) is 3.64. The molecule has 10 rings (SSSR count). The summed E-state index contributed by atoms with van der Waals surface area (Å²) in [6.45, 7) is 11.9. The zero-order chi connectivity index (χ0) is 61.2. The molecule has 0 atom stereocenters. The monoisotopic (exact) mass is 1240 g/mol. The Morgan fingerprint density at radius 2 is 1.03 bits per heavy atom. The van der Waals surface area contributed by atoms with Crippen LogP contribution < -0.4 is 163 Å². The summed E-state index contributed by atoms with van der Waals surface area (Å²) >= 11 is 0. The first-order valence-electron chi connectivity index (χ1n) is 26.2. The smallest absolute Gasteiger partial charge is 1.00 e. The van der Waals surface area contributed by atoms with Crippen LogP contribution in [0, 0.1) is 49.3 Å². The molecule has 0 aliphatic heterocycles. The number of aromatic nitrogens is 6. The van der Waals surface area contributed by atoms with Crippen molar-refractivity contribution in [2.75, 3.05) is 21.3 Å². The minimum atomic E-state index is -1.67. The Balaban J connectivity index is 0.000000291. The number of pyridine rings is 2. The number of terminal acetylenes is 1. The van der Waals surface area contributed by atoms with Gasteiger partial charge in [-0.25, -0.2) is 18.4 Å². The largest absolute Gasteiger partial charge is 1.00 e. The number of nitrogens with zero attached hydrogens (tertiary/aromatic N) is 6. The Hall–Kier alpha value is -6.90. The van der Waals surface area contributed by atoms with Crippen molar-refractivity contribution in [3.8, 4) is 35.2 Å². The number of anilines is 6. The van der Waals surface area contributed by atoms with Crippen molar-refractivity contribution in [1.29, 1.82) is 0 Å². The molecule has 4 heterocycles. The van der Waals surface area contributed by atoms with E-state index in [1.54, 1.807) is 61.5 Å². The zero-order valence-corrected chi connectivity index (χ0v) is 56.4. The molecule has 2 saturated carbocycles. The third-order valence-electron chi connectivity index (χ3n) is 13.6. The van der Waals surface area contributed by atoms with Gasteiger partial charge in [-0.2, -0.15) is 0 Å². The molecular weight excluding hydrogens is 1180 g/mol. The average molecular weight is 1240 g/mol. The molecule has 2 amide bonds. The molecule has 4 N–H and O–H groups in total. The maximum Gasteiger partial charge on any atom is 1.00 e. The summed E-state index contributed by atoms with van der Waals surface area (Å²) in [7, 11) is 1.30. The predicted molar refractivity (Wildman–Crippen MR) is 319 cm³/mol. The van der Waals surface area contributed by atoms with Crippen LogP contribution in [0.3, 0.4) is 0 Å². The van der Waals surface area contributed by atoms with Crippen molar-refractivity contribution in [3.63, 3.8) is 0 Å². The third kappa shape index (κ3) is 14.7. The van der Waals surface area contributed by atoms with E-state index in [0.717, 1.165) is 0 Å². The number of fused-ring (bicyclic) bond motifs is 2. The van der Waals surface area contributed by atoms with Crippen molar-refractivity contribution in [1.82, 2.24) is 27.4 Å². The Morgan fingerprint density at radius 1 is 0.651 bits per heavy atom. The van der Waals surface area contributed by atoms with Crippen LogP contribution in [-0.4, -0.2) is 53.8 Å². The van der Waals surface area contributed by atoms with Gasteiger partial charge in [0, 0.05) is 73.7 Å². The van der Waals surface area contributed by atoms with E-state index in [-0.39, 0.29) is 191 Å². The van der Waals surface area contributed by atoms with Crippen molar-refractivity contribution in [2.45, 2.75) is 85.1 Å². The van der Waals surface area contributed by atoms with Crippen molar-refractivity contribution < 1.29 is 138 Å². The second-order valence-corrected chi connectivity index (χ2v) is 25.9. The van der Waals surface area contributed by atoms with Gasteiger partial charge in [-0.3, -0.25) is 61.0 Å². The van der Waals surface area contributed by atoms with Crippen LogP contribution in [0.4, 0.5) is 43.2 Å². The van der Waals surface area contributed by atoms with Crippen molar-refractivity contribution in [2.24, 2.45) is 14.1 Å². The summed E-state index contributed by atoms with van der Waals surface area (Å²) in [5, 5.41) is 19.8. The molecule has 0 spiro atoms. The maximum absolute atomic E-state index is 15.4. The van der Waals surface area contributed by atoms with Gasteiger partial charge in [0.05, 0.1) is 33.8 Å². The first-order valence-corrected chi connectivity index (χ1v) is 29.7. The van der Waals surface area contributed by atoms with Gasteiger partial charge in [0.25, 0.3) is 28.7 Å². The Bertz CT molecular complexity index is 4570. The zero-order valence-electron chi connectivity index (χ0n) is 50.2. The molecule has 2 fully saturated rings. The maximum atomic E-state index is 15.4. The first-order chi connectivity index (χ1) is 39.8. The summed E-state index contributed by atoms with van der Waals surface area (Å²) in [6, 6.07) is 21.2. The molecule has 86 heavy (non-hydrogen) atoms. The number of carbonyl (C=O) groups excluding carboxylic acids is 3. The van der Waals surface area contributed by atoms with Gasteiger partial charge < -0.3 is 32.8 Å². The quantitative estimate of drug-likeness (QED) is 0.0451. The molecular formula is C60H58F2K2N10O11Si. The standard InChI is InChI=1S/C31H32FN5O4Si.C28H24FN5O4.CH2O3.2K.H/c1-18-27-26(28(35(3)29(18)39)34-25-13-10-20(16-24(25)32)14-15-42(4,5)6)30(40)37(22-11-12-22)31(41)36(27)23-9-7-8-21(17-23)33-19(2)38;1-5-17-9-12-22(21(29)13-17)31-25-23-24(15(2)26(36)32(25)4)33(28(38)34(27(23)37)19-10-11-19)20-8-6-7-18(14-20)30-16(3)35;2-1-4-3;;;/h7-10,13,16-17,22,34H,11-12H2,1-6H3,(H,33,38);1,6-9,12-14,19,31H,10-11H2,2-4H3,(H,30,35);1,3H;;;/q;;;2*+1;-1/p-1. The molecule has 2 aliphatic rings. The molecule has 0 bridgehead atoms. The van der Waals surface area contributed by atoms with E-state index in [1.807, 2.05) is 0 Å². The number of rotatable bonds is 11. The number of halogens is 2. The number of benzene rings is 4. The normalized spacial score (nSPS) is 12.3. The second kappa shape index (κ2) is 28.3. The number of amides is 2. The topological polar surface area (TPSA) is 264 Å². The molecule has 26 heteroatoms. The average Bonchev–Trinajstić information content (AvgIpc) is 1.73. The minimum absolute atomic E-state index is 0. The van der Waals surface area contributed by atoms with Gasteiger partial charge in [-0.15, -0.1) is 12.0 Å². The van der Waals surface area contributed by atoms with Gasteiger partial charge >= 0.3 is 114 Å². The Morgan fingerprint density at radius 3 is 1.37 bits per heavy atom. The van der Waals surface area contributed by atoms with E-state index in [0.29, 0.717) is 59.6 Å². The van der Waals surface area contributed by atoms with Crippen LogP contribution in [0.2, 0.25) is 19.6 Å². The van der Waals surface area contributed by atoms with Gasteiger partial charge in [0.1, 0.15) is 42.1 Å². The number of aryl methyl sites for hydroxylation is 2. The number of nitrogens with one attached hydrogen (secondary N) is 4. The number of carbonyl (C=O) groups is 3. The fourth-order valence-corrected chi connectivity index (χ4v) is 10.00. The number of hydrogen-bond acceptors (Lipinski definition) is 13. The summed E-state index contributed by atoms with van der Waals surface area (Å²) in [6.07, 6.45) is 8.00. The SMILES string of the molecule is C#Cc1ccc(Nc2c3c(=O)n(C4CC4)c(=O)n(-c4cccc(NC(C)=O)c4)c3c(C)c(=O)n2C)c(F)c1.CC(=O)Nc1cccc(-n2c(=O)n(C3CC3)c(=O)c3c(Nc4ccc(C#C[Si](C)(C)C)cc4F)n(C)c(=O)c(C)c32)c1.O=CO[O-].[H-].[K+].[K+]. The predicted octanol–water partition coefficient (Wildman–Crippen LogP) is 0.436. The van der Waals surface area contributed by atoms with Crippen molar-refractivity contribution in [3.05, 3.63) is 181 Å². The summed E-state index contributed by atoms with van der Waals surface area (Å²) in [5.41, 5.74) is 3.02. The molecule has 434 valence electrons. The van der Waals surface area contributed by atoms with Gasteiger partial charge in [0.2, 0.25) is 11.8 Å². The second-order valence-electron chi connectivity index (χ2n) is 21.1. The Labute approximate surface area is 577 Å². The van der Waals surface area contributed by atoms with E-state index >= 15 is 4.39 Å². The fraction of sp³-hybridized carbons (Fsp3) is 0.250. The molecule has 4 aromatic carbocycles.